The summed E-state index contributed by atoms with van der Waals surface area (Å²) in [4.78, 5) is 26.5. The fraction of sp³-hybridized carbons (Fsp3) is 0.375. The molecule has 3 rings (SSSR count). The molecular formula is C16H16BrNO4. The first-order chi connectivity index (χ1) is 10.5. The summed E-state index contributed by atoms with van der Waals surface area (Å²) in [6.07, 6.45) is 2.03. The Morgan fingerprint density at radius 2 is 2.23 bits per heavy atom. The van der Waals surface area contributed by atoms with E-state index in [9.17, 15) is 14.7 Å². The van der Waals surface area contributed by atoms with Gasteiger partial charge in [-0.1, -0.05) is 15.9 Å². The van der Waals surface area contributed by atoms with Gasteiger partial charge < -0.3 is 14.8 Å². The number of carbonyl (C=O) groups excluding carboxylic acids is 1. The minimum Gasteiger partial charge on any atom is -0.478 e. The van der Waals surface area contributed by atoms with E-state index in [4.69, 9.17) is 4.74 Å². The first-order valence-electron chi connectivity index (χ1n) is 7.24. The molecule has 6 heteroatoms. The summed E-state index contributed by atoms with van der Waals surface area (Å²) >= 11 is 3.50. The Labute approximate surface area is 135 Å². The molecule has 0 aliphatic heterocycles. The van der Waals surface area contributed by atoms with Gasteiger partial charge in [-0.2, -0.15) is 0 Å². The number of esters is 1. The van der Waals surface area contributed by atoms with Crippen LogP contribution in [0, 0.1) is 5.92 Å². The number of ether oxygens (including phenoxy) is 1. The van der Waals surface area contributed by atoms with Crippen molar-refractivity contribution in [3.05, 3.63) is 33.4 Å². The lowest BCUT2D eigenvalue weighted by Crippen LogP contribution is -2.24. The van der Waals surface area contributed by atoms with Crippen LogP contribution in [0.2, 0.25) is 0 Å². The number of hydrogen-bond acceptors (Lipinski definition) is 3. The Kier molecular flexibility index (Phi) is 3.95. The number of aromatic carboxylic acids is 1. The maximum absolute atomic E-state index is 11.9. The van der Waals surface area contributed by atoms with Crippen molar-refractivity contribution in [3.8, 4) is 0 Å². The van der Waals surface area contributed by atoms with Crippen LogP contribution < -0.4 is 0 Å². The van der Waals surface area contributed by atoms with E-state index >= 15 is 0 Å². The predicted molar refractivity (Wildman–Crippen MR) is 85.1 cm³/mol. The molecule has 0 amide bonds. The summed E-state index contributed by atoms with van der Waals surface area (Å²) in [5, 5.41) is 10.2. The van der Waals surface area contributed by atoms with Gasteiger partial charge in [-0.15, -0.1) is 0 Å². The van der Waals surface area contributed by atoms with Gasteiger partial charge in [0.05, 0.1) is 23.6 Å². The molecule has 2 N–H and O–H groups in total. The molecule has 2 aromatic rings. The Morgan fingerprint density at radius 1 is 1.45 bits per heavy atom. The van der Waals surface area contributed by atoms with Crippen molar-refractivity contribution in [2.24, 2.45) is 5.92 Å². The Morgan fingerprint density at radius 3 is 2.91 bits per heavy atom. The van der Waals surface area contributed by atoms with E-state index in [1.807, 2.05) is 0 Å². The lowest BCUT2D eigenvalue weighted by Gasteiger charge is -2.20. The number of H-pyrrole nitrogens is 1. The maximum atomic E-state index is 11.9. The van der Waals surface area contributed by atoms with Gasteiger partial charge >= 0.3 is 11.9 Å². The Hall–Kier alpha value is -1.82. The number of aromatic nitrogens is 1. The molecule has 0 saturated heterocycles. The zero-order valence-corrected chi connectivity index (χ0v) is 13.7. The molecule has 1 unspecified atom stereocenters. The van der Waals surface area contributed by atoms with Crippen molar-refractivity contribution in [2.75, 3.05) is 6.61 Å². The van der Waals surface area contributed by atoms with Crippen LogP contribution in [0.5, 0.6) is 0 Å². The second kappa shape index (κ2) is 5.76. The highest BCUT2D eigenvalue weighted by molar-refractivity contribution is 9.10. The summed E-state index contributed by atoms with van der Waals surface area (Å²) < 4.78 is 5.97. The number of rotatable bonds is 3. The molecule has 1 aliphatic carbocycles. The molecule has 1 aromatic carbocycles. The fourth-order valence-electron chi connectivity index (χ4n) is 3.14. The van der Waals surface area contributed by atoms with Crippen molar-refractivity contribution in [1.29, 1.82) is 0 Å². The van der Waals surface area contributed by atoms with Crippen molar-refractivity contribution >= 4 is 38.8 Å². The number of aromatic amines is 1. The SMILES string of the molecule is CCOC(=O)C1CCc2c([nH]c3c(C(=O)O)ccc(Br)c23)C1. The third-order valence-electron chi connectivity index (χ3n) is 4.14. The van der Waals surface area contributed by atoms with Crippen LogP contribution in [0.1, 0.15) is 35.0 Å². The minimum absolute atomic E-state index is 0.160. The van der Waals surface area contributed by atoms with Gasteiger partial charge in [0.15, 0.2) is 0 Å². The molecule has 0 saturated carbocycles. The van der Waals surface area contributed by atoms with Crippen LogP contribution in [-0.4, -0.2) is 28.6 Å². The molecular weight excluding hydrogens is 350 g/mol. The fourth-order valence-corrected chi connectivity index (χ4v) is 3.71. The highest BCUT2D eigenvalue weighted by atomic mass is 79.9. The molecule has 1 aliphatic rings. The van der Waals surface area contributed by atoms with Gasteiger partial charge in [0.2, 0.25) is 0 Å². The number of carboxylic acid groups (broad SMARTS) is 1. The van der Waals surface area contributed by atoms with Crippen LogP contribution in [0.25, 0.3) is 10.9 Å². The van der Waals surface area contributed by atoms with Crippen molar-refractivity contribution in [3.63, 3.8) is 0 Å². The first kappa shape index (κ1) is 15.1. The molecule has 1 heterocycles. The maximum Gasteiger partial charge on any atom is 0.337 e. The standard InChI is InChI=1S/C16H16BrNO4/c1-2-22-16(21)8-3-4-9-12(7-8)18-14-10(15(19)20)5-6-11(17)13(9)14/h5-6,8,18H,2-4,7H2,1H3,(H,19,20). The molecule has 1 atom stereocenters. The summed E-state index contributed by atoms with van der Waals surface area (Å²) in [6.45, 7) is 2.18. The number of hydrogen-bond donors (Lipinski definition) is 2. The van der Waals surface area contributed by atoms with Crippen LogP contribution in [0.3, 0.4) is 0 Å². The molecule has 1 aromatic heterocycles. The number of benzene rings is 1. The van der Waals surface area contributed by atoms with Gasteiger partial charge in [0, 0.05) is 22.0 Å². The number of nitrogens with one attached hydrogen (secondary N) is 1. The number of aryl methyl sites for hydroxylation is 1. The zero-order valence-electron chi connectivity index (χ0n) is 12.1. The average molecular weight is 366 g/mol. The molecule has 0 fully saturated rings. The van der Waals surface area contributed by atoms with E-state index in [1.165, 1.54) is 0 Å². The third kappa shape index (κ3) is 2.41. The van der Waals surface area contributed by atoms with Crippen LogP contribution in [-0.2, 0) is 22.4 Å². The largest absolute Gasteiger partial charge is 0.478 e. The summed E-state index contributed by atoms with van der Waals surface area (Å²) in [5.41, 5.74) is 2.91. The smallest absolute Gasteiger partial charge is 0.337 e. The van der Waals surface area contributed by atoms with E-state index in [2.05, 4.69) is 20.9 Å². The van der Waals surface area contributed by atoms with Crippen molar-refractivity contribution in [1.82, 2.24) is 4.98 Å². The predicted octanol–water partition coefficient (Wildman–Crippen LogP) is 3.30. The highest BCUT2D eigenvalue weighted by Gasteiger charge is 2.29. The van der Waals surface area contributed by atoms with Gasteiger partial charge in [-0.05, 0) is 37.5 Å². The minimum atomic E-state index is -0.960. The summed E-state index contributed by atoms with van der Waals surface area (Å²) in [7, 11) is 0. The number of fused-ring (bicyclic) bond motifs is 3. The summed E-state index contributed by atoms with van der Waals surface area (Å²) in [6, 6.07) is 3.34. The van der Waals surface area contributed by atoms with Gasteiger partial charge in [0.1, 0.15) is 0 Å². The lowest BCUT2D eigenvalue weighted by atomic mass is 9.87. The van der Waals surface area contributed by atoms with E-state index in [1.54, 1.807) is 19.1 Å². The molecule has 5 nitrogen and oxygen atoms in total. The molecule has 0 spiro atoms. The highest BCUT2D eigenvalue weighted by Crippen LogP contribution is 2.37. The molecule has 22 heavy (non-hydrogen) atoms. The van der Waals surface area contributed by atoms with Crippen LogP contribution in [0.4, 0.5) is 0 Å². The second-order valence-electron chi connectivity index (χ2n) is 5.42. The van der Waals surface area contributed by atoms with Crippen LogP contribution in [0.15, 0.2) is 16.6 Å². The molecule has 0 radical (unpaired) electrons. The second-order valence-corrected chi connectivity index (χ2v) is 6.28. The lowest BCUT2D eigenvalue weighted by molar-refractivity contribution is -0.148. The van der Waals surface area contributed by atoms with Gasteiger partial charge in [-0.3, -0.25) is 4.79 Å². The topological polar surface area (TPSA) is 79.4 Å². The quantitative estimate of drug-likeness (QED) is 0.817. The van der Waals surface area contributed by atoms with Crippen molar-refractivity contribution in [2.45, 2.75) is 26.2 Å². The average Bonchev–Trinajstić information content (AvgIpc) is 2.86. The van der Waals surface area contributed by atoms with Crippen molar-refractivity contribution < 1.29 is 19.4 Å². The molecule has 116 valence electrons. The summed E-state index contributed by atoms with van der Waals surface area (Å²) in [5.74, 6) is -1.30. The van der Waals surface area contributed by atoms with E-state index < -0.39 is 5.97 Å². The monoisotopic (exact) mass is 365 g/mol. The number of halogens is 1. The van der Waals surface area contributed by atoms with E-state index in [0.29, 0.717) is 18.5 Å². The number of carbonyl (C=O) groups is 2. The van der Waals surface area contributed by atoms with E-state index in [-0.39, 0.29) is 17.5 Å². The Balaban J connectivity index is 2.06. The zero-order chi connectivity index (χ0) is 15.9. The normalized spacial score (nSPS) is 17.3. The van der Waals surface area contributed by atoms with Gasteiger partial charge in [0.25, 0.3) is 0 Å². The van der Waals surface area contributed by atoms with E-state index in [0.717, 1.165) is 34.0 Å². The van der Waals surface area contributed by atoms with Gasteiger partial charge in [-0.25, -0.2) is 4.79 Å². The van der Waals surface area contributed by atoms with Crippen LogP contribution >= 0.6 is 15.9 Å². The first-order valence-corrected chi connectivity index (χ1v) is 8.04. The Bertz CT molecular complexity index is 765. The number of carboxylic acids is 1. The molecule has 0 bridgehead atoms. The third-order valence-corrected chi connectivity index (χ3v) is 4.80.